The van der Waals surface area contributed by atoms with E-state index in [9.17, 15) is 14.7 Å². The van der Waals surface area contributed by atoms with Crippen LogP contribution in [0.3, 0.4) is 0 Å². The van der Waals surface area contributed by atoms with Crippen LogP contribution in [0.5, 0.6) is 0 Å². The van der Waals surface area contributed by atoms with E-state index in [0.29, 0.717) is 9.90 Å². The van der Waals surface area contributed by atoms with E-state index in [-0.39, 0.29) is 6.42 Å². The monoisotopic (exact) mass is 359 g/mol. The van der Waals surface area contributed by atoms with Crippen molar-refractivity contribution in [2.24, 2.45) is 0 Å². The maximum atomic E-state index is 12.5. The molecule has 0 aliphatic heterocycles. The number of nitrogens with one attached hydrogen (secondary N) is 1. The van der Waals surface area contributed by atoms with Crippen LogP contribution in [0.15, 0.2) is 54.6 Å². The maximum absolute atomic E-state index is 12.5. The van der Waals surface area contributed by atoms with Crippen molar-refractivity contribution in [3.05, 3.63) is 70.1 Å². The Morgan fingerprint density at radius 1 is 1.08 bits per heavy atom. The summed E-state index contributed by atoms with van der Waals surface area (Å²) in [6.45, 7) is 0. The highest BCUT2D eigenvalue weighted by Crippen LogP contribution is 2.35. The zero-order valence-electron chi connectivity index (χ0n) is 12.5. The highest BCUT2D eigenvalue weighted by Gasteiger charge is 2.24. The van der Waals surface area contributed by atoms with E-state index in [1.165, 1.54) is 11.3 Å². The first kappa shape index (κ1) is 16.5. The molecule has 6 heteroatoms. The molecule has 0 unspecified atom stereocenters. The molecular weight excluding hydrogens is 346 g/mol. The van der Waals surface area contributed by atoms with Gasteiger partial charge in [-0.05, 0) is 11.6 Å². The van der Waals surface area contributed by atoms with Gasteiger partial charge in [-0.25, -0.2) is 4.79 Å². The first-order valence-electron chi connectivity index (χ1n) is 7.31. The molecule has 0 aliphatic rings. The lowest BCUT2D eigenvalue weighted by molar-refractivity contribution is -0.139. The fourth-order valence-corrected chi connectivity index (χ4v) is 3.85. The van der Waals surface area contributed by atoms with Crippen LogP contribution >= 0.6 is 22.9 Å². The van der Waals surface area contributed by atoms with Gasteiger partial charge in [-0.2, -0.15) is 0 Å². The zero-order valence-corrected chi connectivity index (χ0v) is 14.1. The summed E-state index contributed by atoms with van der Waals surface area (Å²) in [5.41, 5.74) is 0.840. The third-order valence-electron chi connectivity index (χ3n) is 3.63. The average Bonchev–Trinajstić information content (AvgIpc) is 2.92. The largest absolute Gasteiger partial charge is 0.480 e. The molecule has 122 valence electrons. The number of fused-ring (bicyclic) bond motifs is 1. The molecule has 0 saturated heterocycles. The number of hydrogen-bond acceptors (Lipinski definition) is 3. The third-order valence-corrected chi connectivity index (χ3v) is 5.30. The van der Waals surface area contributed by atoms with Gasteiger partial charge in [-0.15, -0.1) is 11.3 Å². The Morgan fingerprint density at radius 2 is 1.75 bits per heavy atom. The van der Waals surface area contributed by atoms with Crippen molar-refractivity contribution in [1.82, 2.24) is 5.32 Å². The highest BCUT2D eigenvalue weighted by molar-refractivity contribution is 7.21. The molecule has 0 spiro atoms. The normalized spacial score (nSPS) is 12.0. The summed E-state index contributed by atoms with van der Waals surface area (Å²) < 4.78 is 0.891. The van der Waals surface area contributed by atoms with Gasteiger partial charge in [0.05, 0.1) is 5.02 Å². The number of hydrogen-bond donors (Lipinski definition) is 2. The summed E-state index contributed by atoms with van der Waals surface area (Å²) >= 11 is 7.53. The molecule has 0 radical (unpaired) electrons. The molecule has 0 saturated carbocycles. The molecule has 4 nitrogen and oxygen atoms in total. The predicted molar refractivity (Wildman–Crippen MR) is 95.9 cm³/mol. The van der Waals surface area contributed by atoms with E-state index >= 15 is 0 Å². The second-order valence-electron chi connectivity index (χ2n) is 5.30. The van der Waals surface area contributed by atoms with Crippen molar-refractivity contribution < 1.29 is 14.7 Å². The van der Waals surface area contributed by atoms with Crippen LogP contribution in [0.4, 0.5) is 0 Å². The number of benzene rings is 2. The molecule has 1 amide bonds. The number of carbonyl (C=O) groups is 2. The van der Waals surface area contributed by atoms with E-state index in [2.05, 4.69) is 5.32 Å². The minimum atomic E-state index is -1.08. The van der Waals surface area contributed by atoms with E-state index in [1.807, 2.05) is 54.6 Å². The van der Waals surface area contributed by atoms with Crippen molar-refractivity contribution in [1.29, 1.82) is 0 Å². The molecule has 3 rings (SSSR count). The van der Waals surface area contributed by atoms with Gasteiger partial charge < -0.3 is 10.4 Å². The Kier molecular flexibility index (Phi) is 4.83. The van der Waals surface area contributed by atoms with Crippen molar-refractivity contribution in [2.75, 3.05) is 0 Å². The fraction of sp³-hybridized carbons (Fsp3) is 0.111. The Hall–Kier alpha value is -2.37. The van der Waals surface area contributed by atoms with Gasteiger partial charge in [0.15, 0.2) is 0 Å². The van der Waals surface area contributed by atoms with Crippen LogP contribution in [-0.2, 0) is 11.2 Å². The summed E-state index contributed by atoms with van der Waals surface area (Å²) in [5.74, 6) is -1.55. The average molecular weight is 360 g/mol. The van der Waals surface area contributed by atoms with Crippen molar-refractivity contribution in [2.45, 2.75) is 12.5 Å². The molecular formula is C18H14ClNO3S. The number of carbonyl (C=O) groups excluding carboxylic acids is 1. The summed E-state index contributed by atoms with van der Waals surface area (Å²) in [4.78, 5) is 24.3. The van der Waals surface area contributed by atoms with E-state index < -0.39 is 17.9 Å². The molecule has 1 aromatic heterocycles. The second-order valence-corrected chi connectivity index (χ2v) is 6.73. The number of aliphatic carboxylic acids is 1. The van der Waals surface area contributed by atoms with Gasteiger partial charge >= 0.3 is 5.97 Å². The molecule has 3 aromatic rings. The highest BCUT2D eigenvalue weighted by atomic mass is 35.5. The van der Waals surface area contributed by atoms with Gasteiger partial charge in [0.1, 0.15) is 10.9 Å². The Balaban J connectivity index is 1.82. The van der Waals surface area contributed by atoms with Crippen LogP contribution in [-0.4, -0.2) is 23.0 Å². The van der Waals surface area contributed by atoms with Crippen LogP contribution < -0.4 is 5.32 Å². The standard InChI is InChI=1S/C18H14ClNO3S/c19-15-12-8-4-5-9-14(12)24-16(15)17(21)20-13(18(22)23)10-11-6-2-1-3-7-11/h1-9,13H,10H2,(H,20,21)(H,22,23)/t13-/m0/s1. The van der Waals surface area contributed by atoms with Gasteiger partial charge in [-0.3, -0.25) is 4.79 Å². The first-order valence-corrected chi connectivity index (χ1v) is 8.50. The molecule has 0 aliphatic carbocycles. The number of thiophene rings is 1. The first-order chi connectivity index (χ1) is 11.6. The van der Waals surface area contributed by atoms with E-state index in [0.717, 1.165) is 15.6 Å². The molecule has 0 bridgehead atoms. The maximum Gasteiger partial charge on any atom is 0.326 e. The second kappa shape index (κ2) is 7.03. The topological polar surface area (TPSA) is 66.4 Å². The summed E-state index contributed by atoms with van der Waals surface area (Å²) in [6.07, 6.45) is 0.213. The van der Waals surface area contributed by atoms with Gasteiger partial charge in [0.2, 0.25) is 0 Å². The van der Waals surface area contributed by atoms with Gasteiger partial charge in [-0.1, -0.05) is 60.1 Å². The van der Waals surface area contributed by atoms with Gasteiger partial charge in [0.25, 0.3) is 5.91 Å². The summed E-state index contributed by atoms with van der Waals surface area (Å²) in [6, 6.07) is 15.6. The molecule has 24 heavy (non-hydrogen) atoms. The number of carboxylic acid groups (broad SMARTS) is 1. The Bertz CT molecular complexity index is 892. The number of amides is 1. The van der Waals surface area contributed by atoms with Gasteiger partial charge in [0, 0.05) is 16.5 Å². The minimum absolute atomic E-state index is 0.213. The number of carboxylic acids is 1. The van der Waals surface area contributed by atoms with Crippen LogP contribution in [0, 0.1) is 0 Å². The van der Waals surface area contributed by atoms with E-state index in [1.54, 1.807) is 0 Å². The van der Waals surface area contributed by atoms with Crippen molar-refractivity contribution >= 4 is 44.9 Å². The SMILES string of the molecule is O=C(N[C@@H](Cc1ccccc1)C(=O)O)c1sc2ccccc2c1Cl. The Labute approximate surface area is 147 Å². The smallest absolute Gasteiger partial charge is 0.326 e. The van der Waals surface area contributed by atoms with Crippen molar-refractivity contribution in [3.8, 4) is 0 Å². The number of rotatable bonds is 5. The minimum Gasteiger partial charge on any atom is -0.480 e. The summed E-state index contributed by atoms with van der Waals surface area (Å²) in [5, 5.41) is 13.1. The molecule has 2 N–H and O–H groups in total. The van der Waals surface area contributed by atoms with Crippen LogP contribution in [0.1, 0.15) is 15.2 Å². The van der Waals surface area contributed by atoms with Crippen LogP contribution in [0.2, 0.25) is 5.02 Å². The predicted octanol–water partition coefficient (Wildman–Crippen LogP) is 3.98. The quantitative estimate of drug-likeness (QED) is 0.724. The van der Waals surface area contributed by atoms with Crippen LogP contribution in [0.25, 0.3) is 10.1 Å². The zero-order chi connectivity index (χ0) is 17.1. The molecule has 1 atom stereocenters. The fourth-order valence-electron chi connectivity index (χ4n) is 2.43. The molecule has 0 fully saturated rings. The number of halogens is 1. The lowest BCUT2D eigenvalue weighted by Crippen LogP contribution is -2.42. The third kappa shape index (κ3) is 3.42. The molecule has 2 aromatic carbocycles. The van der Waals surface area contributed by atoms with E-state index in [4.69, 9.17) is 11.6 Å². The summed E-state index contributed by atoms with van der Waals surface area (Å²) in [7, 11) is 0. The Morgan fingerprint density at radius 3 is 2.42 bits per heavy atom. The lowest BCUT2D eigenvalue weighted by Gasteiger charge is -2.14. The molecule has 1 heterocycles. The van der Waals surface area contributed by atoms with Crippen molar-refractivity contribution in [3.63, 3.8) is 0 Å². The lowest BCUT2D eigenvalue weighted by atomic mass is 10.1.